The molecule has 0 atom stereocenters. The molecule has 1 aliphatic rings. The number of rotatable bonds is 5. The number of amides is 3. The van der Waals surface area contributed by atoms with Gasteiger partial charge >= 0.3 is 6.18 Å². The van der Waals surface area contributed by atoms with Crippen LogP contribution >= 0.6 is 0 Å². The Labute approximate surface area is 171 Å². The summed E-state index contributed by atoms with van der Waals surface area (Å²) in [4.78, 5) is 39.3. The van der Waals surface area contributed by atoms with Gasteiger partial charge in [-0.2, -0.15) is 13.2 Å². The predicted octanol–water partition coefficient (Wildman–Crippen LogP) is 3.54. The quantitative estimate of drug-likeness (QED) is 0.806. The minimum absolute atomic E-state index is 0.0296. The monoisotopic (exact) mass is 419 g/mol. The predicted molar refractivity (Wildman–Crippen MR) is 105 cm³/mol. The maximum absolute atomic E-state index is 13.0. The average molecular weight is 419 g/mol. The van der Waals surface area contributed by atoms with Gasteiger partial charge in [0.05, 0.1) is 17.8 Å². The van der Waals surface area contributed by atoms with Gasteiger partial charge in [0.2, 0.25) is 11.8 Å². The molecule has 1 saturated heterocycles. The molecule has 3 rings (SSSR count). The number of benzene rings is 2. The largest absolute Gasteiger partial charge is 0.418 e. The van der Waals surface area contributed by atoms with Crippen LogP contribution in [0.4, 0.5) is 24.5 Å². The van der Waals surface area contributed by atoms with Crippen LogP contribution in [0.3, 0.4) is 0 Å². The second-order valence-electron chi connectivity index (χ2n) is 6.95. The highest BCUT2D eigenvalue weighted by Crippen LogP contribution is 2.34. The van der Waals surface area contributed by atoms with E-state index < -0.39 is 30.1 Å². The van der Waals surface area contributed by atoms with Crippen molar-refractivity contribution in [1.82, 2.24) is 4.90 Å². The standard InChI is InChI=1S/C21H20F3N3O3/c1-26(13-18(28)25-17-6-3-2-5-16(17)21(22,23)24)20(30)14-8-10-15(11-9-14)27-12-4-7-19(27)29/h2-3,5-6,8-11H,4,7,12-13H2,1H3,(H,25,28). The van der Waals surface area contributed by atoms with Crippen molar-refractivity contribution in [3.05, 3.63) is 59.7 Å². The number of hydrogen-bond donors (Lipinski definition) is 1. The Morgan fingerprint density at radius 3 is 2.37 bits per heavy atom. The Hall–Kier alpha value is -3.36. The van der Waals surface area contributed by atoms with Crippen LogP contribution in [-0.4, -0.2) is 42.8 Å². The van der Waals surface area contributed by atoms with Gasteiger partial charge in [-0.05, 0) is 42.8 Å². The summed E-state index contributed by atoms with van der Waals surface area (Å²) >= 11 is 0. The molecule has 1 heterocycles. The Morgan fingerprint density at radius 2 is 1.77 bits per heavy atom. The highest BCUT2D eigenvalue weighted by atomic mass is 19.4. The highest BCUT2D eigenvalue weighted by Gasteiger charge is 2.33. The number of hydrogen-bond acceptors (Lipinski definition) is 3. The molecule has 1 N–H and O–H groups in total. The molecular formula is C21H20F3N3O3. The summed E-state index contributed by atoms with van der Waals surface area (Å²) in [5.74, 6) is -1.18. The summed E-state index contributed by atoms with van der Waals surface area (Å²) in [6.07, 6.45) is -3.32. The van der Waals surface area contributed by atoms with Crippen molar-refractivity contribution >= 4 is 29.1 Å². The fourth-order valence-electron chi connectivity index (χ4n) is 3.24. The summed E-state index contributed by atoms with van der Waals surface area (Å²) < 4.78 is 39.1. The maximum Gasteiger partial charge on any atom is 0.418 e. The van der Waals surface area contributed by atoms with Gasteiger partial charge in [-0.1, -0.05) is 12.1 Å². The number of carbonyl (C=O) groups excluding carboxylic acids is 3. The SMILES string of the molecule is CN(CC(=O)Nc1ccccc1C(F)(F)F)C(=O)c1ccc(N2CCCC2=O)cc1. The first-order valence-corrected chi connectivity index (χ1v) is 9.29. The number of para-hydroxylation sites is 1. The number of likely N-dealkylation sites (N-methyl/N-ethyl adjacent to an activating group) is 1. The second kappa shape index (κ2) is 8.56. The van der Waals surface area contributed by atoms with Gasteiger partial charge < -0.3 is 15.1 Å². The molecule has 2 aromatic rings. The van der Waals surface area contributed by atoms with Gasteiger partial charge in [0.15, 0.2) is 0 Å². The maximum atomic E-state index is 13.0. The Morgan fingerprint density at radius 1 is 1.10 bits per heavy atom. The fourth-order valence-corrected chi connectivity index (χ4v) is 3.24. The van der Waals surface area contributed by atoms with Crippen LogP contribution < -0.4 is 10.2 Å². The average Bonchev–Trinajstić information content (AvgIpc) is 3.13. The number of alkyl halides is 3. The lowest BCUT2D eigenvalue weighted by Gasteiger charge is -2.19. The van der Waals surface area contributed by atoms with E-state index in [1.807, 2.05) is 0 Å². The molecule has 30 heavy (non-hydrogen) atoms. The minimum atomic E-state index is -4.61. The van der Waals surface area contributed by atoms with Crippen LogP contribution in [0.25, 0.3) is 0 Å². The van der Waals surface area contributed by atoms with Gasteiger partial charge in [-0.25, -0.2) is 0 Å². The van der Waals surface area contributed by atoms with E-state index in [2.05, 4.69) is 5.32 Å². The highest BCUT2D eigenvalue weighted by molar-refractivity contribution is 6.00. The first-order valence-electron chi connectivity index (χ1n) is 9.29. The van der Waals surface area contributed by atoms with E-state index in [0.717, 1.165) is 23.5 Å². The van der Waals surface area contributed by atoms with Crippen molar-refractivity contribution in [3.63, 3.8) is 0 Å². The summed E-state index contributed by atoms with van der Waals surface area (Å²) in [6, 6.07) is 11.1. The van der Waals surface area contributed by atoms with Crippen LogP contribution in [0.15, 0.2) is 48.5 Å². The molecule has 0 bridgehead atoms. The molecule has 0 aromatic heterocycles. The molecule has 1 fully saturated rings. The van der Waals surface area contributed by atoms with Crippen LogP contribution in [0.5, 0.6) is 0 Å². The van der Waals surface area contributed by atoms with Crippen LogP contribution in [-0.2, 0) is 15.8 Å². The van der Waals surface area contributed by atoms with Gasteiger partial charge in [0.1, 0.15) is 0 Å². The van der Waals surface area contributed by atoms with Crippen molar-refractivity contribution < 1.29 is 27.6 Å². The summed E-state index contributed by atoms with van der Waals surface area (Å²) in [5, 5.41) is 2.21. The Balaban J connectivity index is 1.63. The molecule has 0 unspecified atom stereocenters. The normalized spacial score (nSPS) is 14.0. The smallest absolute Gasteiger partial charge is 0.332 e. The molecule has 0 saturated carbocycles. The lowest BCUT2D eigenvalue weighted by molar-refractivity contribution is -0.137. The first-order chi connectivity index (χ1) is 14.2. The Kier molecular flexibility index (Phi) is 6.09. The van der Waals surface area contributed by atoms with E-state index in [0.29, 0.717) is 24.2 Å². The van der Waals surface area contributed by atoms with Gasteiger partial charge in [0, 0.05) is 31.3 Å². The molecule has 0 spiro atoms. The molecule has 6 nitrogen and oxygen atoms in total. The molecule has 9 heteroatoms. The van der Waals surface area contributed by atoms with Crippen LogP contribution in [0.2, 0.25) is 0 Å². The lowest BCUT2D eigenvalue weighted by atomic mass is 10.1. The number of halogens is 3. The summed E-state index contributed by atoms with van der Waals surface area (Å²) in [7, 11) is 1.38. The Bertz CT molecular complexity index is 958. The third kappa shape index (κ3) is 4.79. The first kappa shape index (κ1) is 21.4. The van der Waals surface area contributed by atoms with E-state index in [1.165, 1.54) is 19.2 Å². The van der Waals surface area contributed by atoms with Gasteiger partial charge in [0.25, 0.3) is 5.91 Å². The topological polar surface area (TPSA) is 69.7 Å². The molecule has 158 valence electrons. The van der Waals surface area contributed by atoms with Crippen molar-refractivity contribution in [1.29, 1.82) is 0 Å². The van der Waals surface area contributed by atoms with Crippen molar-refractivity contribution in [2.75, 3.05) is 30.4 Å². The molecule has 0 radical (unpaired) electrons. The van der Waals surface area contributed by atoms with Gasteiger partial charge in [-0.3, -0.25) is 14.4 Å². The molecule has 0 aliphatic carbocycles. The van der Waals surface area contributed by atoms with Crippen LogP contribution in [0, 0.1) is 0 Å². The summed E-state index contributed by atoms with van der Waals surface area (Å²) in [5.41, 5.74) is -0.329. The van der Waals surface area contributed by atoms with Crippen molar-refractivity contribution in [2.45, 2.75) is 19.0 Å². The lowest BCUT2D eigenvalue weighted by Crippen LogP contribution is -2.35. The zero-order valence-corrected chi connectivity index (χ0v) is 16.2. The molecule has 2 aromatic carbocycles. The molecular weight excluding hydrogens is 399 g/mol. The summed E-state index contributed by atoms with van der Waals surface area (Å²) in [6.45, 7) is 0.211. The zero-order chi connectivity index (χ0) is 21.9. The van der Waals surface area contributed by atoms with E-state index in [4.69, 9.17) is 0 Å². The van der Waals surface area contributed by atoms with E-state index in [9.17, 15) is 27.6 Å². The van der Waals surface area contributed by atoms with Crippen molar-refractivity contribution in [2.24, 2.45) is 0 Å². The van der Waals surface area contributed by atoms with Crippen LogP contribution in [0.1, 0.15) is 28.8 Å². The number of anilines is 2. The third-order valence-corrected chi connectivity index (χ3v) is 4.73. The number of nitrogens with zero attached hydrogens (tertiary/aromatic N) is 2. The fraction of sp³-hybridized carbons (Fsp3) is 0.286. The molecule has 1 aliphatic heterocycles. The van der Waals surface area contributed by atoms with Gasteiger partial charge in [-0.15, -0.1) is 0 Å². The van der Waals surface area contributed by atoms with E-state index in [1.54, 1.807) is 29.2 Å². The third-order valence-electron chi connectivity index (χ3n) is 4.73. The van der Waals surface area contributed by atoms with Crippen molar-refractivity contribution in [3.8, 4) is 0 Å². The number of carbonyl (C=O) groups is 3. The van der Waals surface area contributed by atoms with E-state index in [-0.39, 0.29) is 11.6 Å². The van der Waals surface area contributed by atoms with E-state index >= 15 is 0 Å². The second-order valence-corrected chi connectivity index (χ2v) is 6.95. The molecule has 3 amide bonds. The zero-order valence-electron chi connectivity index (χ0n) is 16.2. The minimum Gasteiger partial charge on any atom is -0.332 e. The number of nitrogens with one attached hydrogen (secondary N) is 1.